The van der Waals surface area contributed by atoms with Gasteiger partial charge in [-0.3, -0.25) is 14.6 Å². The van der Waals surface area contributed by atoms with Crippen LogP contribution in [-0.2, 0) is 26.7 Å². The average molecular weight is 542 g/mol. The molecule has 1 unspecified atom stereocenters. The quantitative estimate of drug-likeness (QED) is 0.468. The third kappa shape index (κ3) is 5.75. The van der Waals surface area contributed by atoms with E-state index in [1.54, 1.807) is 25.2 Å². The fourth-order valence-corrected chi connectivity index (χ4v) is 5.29. The molecule has 0 radical (unpaired) electrons. The minimum absolute atomic E-state index is 0.0401. The second-order valence-electron chi connectivity index (χ2n) is 8.98. The summed E-state index contributed by atoms with van der Waals surface area (Å²) in [5.74, 6) is -1.08. The highest BCUT2D eigenvalue weighted by Gasteiger charge is 2.35. The summed E-state index contributed by atoms with van der Waals surface area (Å²) in [6.45, 7) is 3.91. The van der Waals surface area contributed by atoms with E-state index in [1.165, 1.54) is 22.0 Å². The highest BCUT2D eigenvalue weighted by molar-refractivity contribution is 7.90. The molecule has 1 aromatic heterocycles. The molecule has 1 aliphatic rings. The van der Waals surface area contributed by atoms with E-state index in [0.717, 1.165) is 12.0 Å². The van der Waals surface area contributed by atoms with Crippen molar-refractivity contribution in [3.05, 3.63) is 77.2 Å². The molecule has 4 rings (SSSR count). The summed E-state index contributed by atoms with van der Waals surface area (Å²) < 4.78 is 28.5. The molecule has 0 bridgehead atoms. The van der Waals surface area contributed by atoms with Crippen LogP contribution in [0.2, 0.25) is 5.02 Å². The summed E-state index contributed by atoms with van der Waals surface area (Å²) >= 11 is 6.36. The number of nitrogens with one attached hydrogen (secondary N) is 1. The van der Waals surface area contributed by atoms with Crippen LogP contribution in [0.25, 0.3) is 0 Å². The Labute approximate surface area is 221 Å². The molecular weight excluding hydrogens is 514 g/mol. The molecule has 0 aliphatic carbocycles. The predicted octanol–water partition coefficient (Wildman–Crippen LogP) is 3.57. The molecule has 0 fully saturated rings. The first-order valence-electron chi connectivity index (χ1n) is 11.9. The van der Waals surface area contributed by atoms with E-state index in [1.807, 2.05) is 48.9 Å². The van der Waals surface area contributed by atoms with Gasteiger partial charge in [0.1, 0.15) is 6.04 Å². The van der Waals surface area contributed by atoms with Gasteiger partial charge in [0.15, 0.2) is 5.03 Å². The zero-order chi connectivity index (χ0) is 26.7. The zero-order valence-corrected chi connectivity index (χ0v) is 22.3. The van der Waals surface area contributed by atoms with Crippen LogP contribution in [0.4, 0.5) is 5.69 Å². The molecule has 0 saturated heterocycles. The maximum Gasteiger partial charge on any atom is 0.283 e. The fourth-order valence-electron chi connectivity index (χ4n) is 4.12. The average Bonchev–Trinajstić information content (AvgIpc) is 3.28. The Balaban J connectivity index is 1.68. The third-order valence-electron chi connectivity index (χ3n) is 6.29. The predicted molar refractivity (Wildman–Crippen MR) is 142 cm³/mol. The maximum atomic E-state index is 13.8. The number of anilines is 1. The van der Waals surface area contributed by atoms with Crippen LogP contribution in [0.3, 0.4) is 0 Å². The minimum atomic E-state index is -4.13. The number of sulfonamides is 1. The molecular formula is C26H28ClN5O4S. The van der Waals surface area contributed by atoms with Crippen LogP contribution in [0, 0.1) is 5.92 Å². The molecule has 194 valence electrons. The Morgan fingerprint density at radius 2 is 1.92 bits per heavy atom. The van der Waals surface area contributed by atoms with E-state index >= 15 is 0 Å². The molecule has 2 heterocycles. The smallest absolute Gasteiger partial charge is 0.283 e. The Morgan fingerprint density at radius 1 is 1.19 bits per heavy atom. The Morgan fingerprint density at radius 3 is 2.57 bits per heavy atom. The maximum absolute atomic E-state index is 13.8. The van der Waals surface area contributed by atoms with Gasteiger partial charge in [0, 0.05) is 42.4 Å². The van der Waals surface area contributed by atoms with Crippen molar-refractivity contribution in [3.8, 4) is 0 Å². The van der Waals surface area contributed by atoms with Gasteiger partial charge in [0.05, 0.1) is 17.7 Å². The molecule has 1 aliphatic heterocycles. The number of benzodiazepines with no additional fused rings is 1. The van der Waals surface area contributed by atoms with Gasteiger partial charge in [-0.25, -0.2) is 9.71 Å². The van der Waals surface area contributed by atoms with Gasteiger partial charge in [0.25, 0.3) is 15.9 Å². The molecule has 2 amide bonds. The number of hydrogen-bond donors (Lipinski definition) is 1. The van der Waals surface area contributed by atoms with E-state index in [0.29, 0.717) is 22.0 Å². The first-order chi connectivity index (χ1) is 17.6. The van der Waals surface area contributed by atoms with Crippen molar-refractivity contribution < 1.29 is 18.0 Å². The van der Waals surface area contributed by atoms with Crippen LogP contribution in [0.5, 0.6) is 0 Å². The number of aromatic nitrogens is 2. The second-order valence-corrected chi connectivity index (χ2v) is 11.0. The van der Waals surface area contributed by atoms with Gasteiger partial charge >= 0.3 is 0 Å². The summed E-state index contributed by atoms with van der Waals surface area (Å²) in [6, 6.07) is 14.0. The van der Waals surface area contributed by atoms with Crippen LogP contribution in [0.1, 0.15) is 37.8 Å². The number of nitrogens with zero attached hydrogens (tertiary/aromatic N) is 4. The lowest BCUT2D eigenvalue weighted by molar-refractivity contribution is -0.121. The van der Waals surface area contributed by atoms with Crippen molar-refractivity contribution in [1.29, 1.82) is 0 Å². The van der Waals surface area contributed by atoms with Crippen LogP contribution >= 0.6 is 11.6 Å². The van der Waals surface area contributed by atoms with Crippen molar-refractivity contribution in [2.24, 2.45) is 18.0 Å². The highest BCUT2D eigenvalue weighted by atomic mass is 35.5. The number of fused-ring (bicyclic) bond motifs is 1. The molecule has 0 saturated carbocycles. The van der Waals surface area contributed by atoms with Gasteiger partial charge in [-0.15, -0.1) is 0 Å². The molecule has 1 N–H and O–H groups in total. The van der Waals surface area contributed by atoms with E-state index in [9.17, 15) is 18.0 Å². The summed E-state index contributed by atoms with van der Waals surface area (Å²) in [5.41, 5.74) is 2.71. The number of hydrogen-bond acceptors (Lipinski definition) is 6. The molecule has 11 heteroatoms. The third-order valence-corrected chi connectivity index (χ3v) is 7.78. The number of halogens is 1. The lowest BCUT2D eigenvalue weighted by Gasteiger charge is -2.27. The summed E-state index contributed by atoms with van der Waals surface area (Å²) in [4.78, 5) is 36.7. The molecule has 9 nitrogen and oxygen atoms in total. The highest BCUT2D eigenvalue weighted by Crippen LogP contribution is 2.33. The van der Waals surface area contributed by atoms with Crippen molar-refractivity contribution >= 4 is 44.8 Å². The van der Waals surface area contributed by atoms with Gasteiger partial charge in [0.2, 0.25) is 5.91 Å². The monoisotopic (exact) mass is 541 g/mol. The molecule has 2 atom stereocenters. The van der Waals surface area contributed by atoms with Gasteiger partial charge in [-0.2, -0.15) is 8.42 Å². The molecule has 0 spiro atoms. The van der Waals surface area contributed by atoms with E-state index in [-0.39, 0.29) is 29.8 Å². The van der Waals surface area contributed by atoms with Gasteiger partial charge in [-0.05, 0) is 24.1 Å². The Bertz CT molecular complexity index is 1450. The standard InChI is InChI=1S/C26H28ClN5O4S/c1-4-17(2)24-26(34)32(13-12-22(33)30-37(35,36)23-15-31(3)16-28-23)21-11-10-19(27)14-20(21)25(29-24)18-8-6-5-7-9-18/h5-11,14-17,24H,4,12-13H2,1-3H3,(H,30,33)/t17-,24?/m0/s1. The largest absolute Gasteiger partial charge is 0.339 e. The van der Waals surface area contributed by atoms with Gasteiger partial charge < -0.3 is 9.47 Å². The molecule has 37 heavy (non-hydrogen) atoms. The van der Waals surface area contributed by atoms with Crippen LogP contribution < -0.4 is 9.62 Å². The van der Waals surface area contributed by atoms with E-state index in [4.69, 9.17) is 16.6 Å². The van der Waals surface area contributed by atoms with E-state index < -0.39 is 22.0 Å². The number of aryl methyl sites for hydroxylation is 1. The second kappa shape index (κ2) is 10.9. The SMILES string of the molecule is CC[C@H](C)C1N=C(c2ccccc2)c2cc(Cl)ccc2N(CCC(=O)NS(=O)(=O)c2cn(C)cn2)C1=O. The summed E-state index contributed by atoms with van der Waals surface area (Å²) in [6.07, 6.45) is 3.10. The number of imidazole rings is 1. The van der Waals surface area contributed by atoms with Crippen molar-refractivity contribution in [2.75, 3.05) is 11.4 Å². The molecule has 2 aromatic carbocycles. The van der Waals surface area contributed by atoms with Gasteiger partial charge in [-0.1, -0.05) is 62.2 Å². The lowest BCUT2D eigenvalue weighted by atomic mass is 9.98. The molecule has 3 aromatic rings. The number of rotatable bonds is 8. The van der Waals surface area contributed by atoms with E-state index in [2.05, 4.69) is 4.98 Å². The number of amides is 2. The number of aliphatic imine (C=N–C) groups is 1. The number of carbonyl (C=O) groups is 2. The Kier molecular flexibility index (Phi) is 7.79. The summed E-state index contributed by atoms with van der Waals surface area (Å²) in [7, 11) is -2.50. The fraction of sp³-hybridized carbons (Fsp3) is 0.308. The number of carbonyl (C=O) groups excluding carboxylic acids is 2. The summed E-state index contributed by atoms with van der Waals surface area (Å²) in [5, 5.41) is 0.225. The van der Waals surface area contributed by atoms with Crippen LogP contribution in [-0.4, -0.2) is 48.1 Å². The lowest BCUT2D eigenvalue weighted by Crippen LogP contribution is -2.43. The van der Waals surface area contributed by atoms with Crippen molar-refractivity contribution in [3.63, 3.8) is 0 Å². The first kappa shape index (κ1) is 26.6. The van der Waals surface area contributed by atoms with Crippen LogP contribution in [0.15, 0.2) is 71.1 Å². The topological polar surface area (TPSA) is 114 Å². The first-order valence-corrected chi connectivity index (χ1v) is 13.7. The zero-order valence-electron chi connectivity index (χ0n) is 20.8. The van der Waals surface area contributed by atoms with Crippen molar-refractivity contribution in [1.82, 2.24) is 14.3 Å². The Hall–Kier alpha value is -3.50. The number of benzene rings is 2. The van der Waals surface area contributed by atoms with Crippen molar-refractivity contribution in [2.45, 2.75) is 37.8 Å². The minimum Gasteiger partial charge on any atom is -0.339 e. The normalized spacial score (nSPS) is 16.5.